The van der Waals surface area contributed by atoms with Crippen molar-refractivity contribution < 1.29 is 9.53 Å². The van der Waals surface area contributed by atoms with Crippen LogP contribution in [0.1, 0.15) is 26.5 Å². The molecule has 0 spiro atoms. The molecule has 2 rings (SSSR count). The summed E-state index contributed by atoms with van der Waals surface area (Å²) in [5.41, 5.74) is 1.36. The minimum Gasteiger partial charge on any atom is -0.383 e. The number of alkyl halides is 1. The van der Waals surface area contributed by atoms with Crippen molar-refractivity contribution in [3.8, 4) is 0 Å². The second-order valence-corrected chi connectivity index (χ2v) is 6.40. The average Bonchev–Trinajstić information content (AvgIpc) is 2.87. The molecule has 100 valence electrons. The van der Waals surface area contributed by atoms with Gasteiger partial charge < -0.3 is 9.64 Å². The van der Waals surface area contributed by atoms with Gasteiger partial charge in [-0.05, 0) is 30.9 Å². The van der Waals surface area contributed by atoms with Crippen LogP contribution in [0.5, 0.6) is 0 Å². The molecular formula is C13H18ClNO2S. The number of methoxy groups -OCH3 is 1. The van der Waals surface area contributed by atoms with Gasteiger partial charge in [0.25, 0.3) is 5.91 Å². The normalized spacial score (nSPS) is 15.5. The third kappa shape index (κ3) is 3.05. The molecule has 0 aliphatic heterocycles. The van der Waals surface area contributed by atoms with E-state index in [1.54, 1.807) is 30.4 Å². The molecule has 0 bridgehead atoms. The molecule has 0 saturated heterocycles. The minimum absolute atomic E-state index is 0.0659. The summed E-state index contributed by atoms with van der Waals surface area (Å²) < 4.78 is 4.97. The van der Waals surface area contributed by atoms with Gasteiger partial charge in [0.15, 0.2) is 0 Å². The van der Waals surface area contributed by atoms with Gasteiger partial charge in [0.2, 0.25) is 0 Å². The lowest BCUT2D eigenvalue weighted by Crippen LogP contribution is -2.33. The highest BCUT2D eigenvalue weighted by molar-refractivity contribution is 7.14. The molecule has 5 heteroatoms. The first kappa shape index (κ1) is 13.8. The van der Waals surface area contributed by atoms with Crippen LogP contribution in [0.15, 0.2) is 6.07 Å². The zero-order chi connectivity index (χ0) is 13.1. The number of thiophene rings is 1. The molecule has 1 atom stereocenters. The summed E-state index contributed by atoms with van der Waals surface area (Å²) in [7, 11) is 3.40. The summed E-state index contributed by atoms with van der Waals surface area (Å²) in [5, 5.41) is -0.157. The third-order valence-corrected chi connectivity index (χ3v) is 4.61. The van der Waals surface area contributed by atoms with Crippen molar-refractivity contribution in [3.63, 3.8) is 0 Å². The van der Waals surface area contributed by atoms with E-state index in [-0.39, 0.29) is 11.3 Å². The molecule has 18 heavy (non-hydrogen) atoms. The van der Waals surface area contributed by atoms with E-state index in [2.05, 4.69) is 0 Å². The second kappa shape index (κ2) is 6.04. The summed E-state index contributed by atoms with van der Waals surface area (Å²) in [6.07, 6.45) is 3.46. The molecule has 0 radical (unpaired) electrons. The fourth-order valence-electron chi connectivity index (χ4n) is 2.24. The number of hydrogen-bond acceptors (Lipinski definition) is 3. The lowest BCUT2D eigenvalue weighted by Gasteiger charge is -2.19. The van der Waals surface area contributed by atoms with Crippen molar-refractivity contribution in [2.45, 2.75) is 24.6 Å². The Morgan fingerprint density at radius 2 is 2.39 bits per heavy atom. The van der Waals surface area contributed by atoms with Crippen LogP contribution in [0.4, 0.5) is 0 Å². The van der Waals surface area contributed by atoms with Crippen molar-refractivity contribution in [2.24, 2.45) is 0 Å². The van der Waals surface area contributed by atoms with Crippen molar-refractivity contribution in [3.05, 3.63) is 21.4 Å². The van der Waals surface area contributed by atoms with Gasteiger partial charge >= 0.3 is 0 Å². The number of rotatable bonds is 5. The number of aryl methyl sites for hydroxylation is 2. The Hall–Kier alpha value is -0.580. The highest BCUT2D eigenvalue weighted by Crippen LogP contribution is 2.31. The summed E-state index contributed by atoms with van der Waals surface area (Å²) in [4.78, 5) is 16.1. The summed E-state index contributed by atoms with van der Waals surface area (Å²) >= 11 is 7.70. The maximum atomic E-state index is 12.2. The topological polar surface area (TPSA) is 29.5 Å². The molecule has 1 amide bonds. The van der Waals surface area contributed by atoms with E-state index in [9.17, 15) is 4.79 Å². The molecule has 0 N–H and O–H groups in total. The van der Waals surface area contributed by atoms with Crippen LogP contribution in [-0.4, -0.2) is 43.5 Å². The largest absolute Gasteiger partial charge is 0.383 e. The fraction of sp³-hybridized carbons (Fsp3) is 0.615. The predicted molar refractivity (Wildman–Crippen MR) is 74.8 cm³/mol. The summed E-state index contributed by atoms with van der Waals surface area (Å²) in [6.45, 7) is 0.969. The summed E-state index contributed by atoms with van der Waals surface area (Å²) in [6, 6.07) is 2.05. The highest BCUT2D eigenvalue weighted by Gasteiger charge is 2.21. The molecule has 0 saturated carbocycles. The first-order valence-electron chi connectivity index (χ1n) is 6.12. The molecule has 0 fully saturated rings. The van der Waals surface area contributed by atoms with Gasteiger partial charge in [0.1, 0.15) is 0 Å². The molecule has 1 unspecified atom stereocenters. The smallest absolute Gasteiger partial charge is 0.263 e. The number of carbonyl (C=O) groups is 1. The van der Waals surface area contributed by atoms with E-state index in [1.165, 1.54) is 16.9 Å². The third-order valence-electron chi connectivity index (χ3n) is 3.12. The van der Waals surface area contributed by atoms with Gasteiger partial charge in [-0.15, -0.1) is 22.9 Å². The highest BCUT2D eigenvalue weighted by atomic mass is 35.5. The molecule has 1 aliphatic carbocycles. The van der Waals surface area contributed by atoms with Gasteiger partial charge in [0.05, 0.1) is 16.9 Å². The van der Waals surface area contributed by atoms with Crippen LogP contribution in [-0.2, 0) is 17.6 Å². The van der Waals surface area contributed by atoms with Gasteiger partial charge in [-0.3, -0.25) is 4.79 Å². The Labute approximate surface area is 117 Å². The predicted octanol–water partition coefficient (Wildman–Crippen LogP) is 2.56. The Morgan fingerprint density at radius 3 is 3.06 bits per heavy atom. The number of fused-ring (bicyclic) bond motifs is 1. The SMILES string of the molecule is COCC(Cl)CN(C)C(=O)c1cc2c(s1)CCC2. The van der Waals surface area contributed by atoms with Crippen LogP contribution in [0, 0.1) is 0 Å². The summed E-state index contributed by atoms with van der Waals surface area (Å²) in [5.74, 6) is 0.0659. The van der Waals surface area contributed by atoms with Crippen molar-refractivity contribution in [2.75, 3.05) is 27.3 Å². The quantitative estimate of drug-likeness (QED) is 0.779. The molecule has 3 nitrogen and oxygen atoms in total. The van der Waals surface area contributed by atoms with E-state index >= 15 is 0 Å². The van der Waals surface area contributed by atoms with Crippen molar-refractivity contribution in [1.82, 2.24) is 4.90 Å². The maximum absolute atomic E-state index is 12.2. The number of halogens is 1. The Balaban J connectivity index is 1.97. The molecule has 0 aromatic carbocycles. The molecule has 1 aromatic rings. The molecule has 1 aromatic heterocycles. The van der Waals surface area contributed by atoms with Crippen LogP contribution in [0.2, 0.25) is 0 Å². The van der Waals surface area contributed by atoms with Gasteiger partial charge in [-0.25, -0.2) is 0 Å². The Bertz CT molecular complexity index is 411. The minimum atomic E-state index is -0.157. The number of ether oxygens (including phenoxy) is 1. The van der Waals surface area contributed by atoms with E-state index in [0.717, 1.165) is 17.7 Å². The maximum Gasteiger partial charge on any atom is 0.263 e. The van der Waals surface area contributed by atoms with Crippen LogP contribution < -0.4 is 0 Å². The second-order valence-electron chi connectivity index (χ2n) is 4.65. The van der Waals surface area contributed by atoms with E-state index < -0.39 is 0 Å². The van der Waals surface area contributed by atoms with Crippen molar-refractivity contribution in [1.29, 1.82) is 0 Å². The first-order chi connectivity index (χ1) is 8.61. The zero-order valence-electron chi connectivity index (χ0n) is 10.7. The average molecular weight is 288 g/mol. The van der Waals surface area contributed by atoms with Gasteiger partial charge in [0, 0.05) is 25.6 Å². The number of nitrogens with zero attached hydrogens (tertiary/aromatic N) is 1. The number of carbonyl (C=O) groups excluding carboxylic acids is 1. The number of hydrogen-bond donors (Lipinski definition) is 0. The lowest BCUT2D eigenvalue weighted by molar-refractivity contribution is 0.0786. The lowest BCUT2D eigenvalue weighted by atomic mass is 10.2. The van der Waals surface area contributed by atoms with E-state index in [0.29, 0.717) is 13.2 Å². The standard InChI is InChI=1S/C13H18ClNO2S/c1-15(7-10(14)8-17-2)13(16)12-6-9-4-3-5-11(9)18-12/h6,10H,3-5,7-8H2,1-2H3. The van der Waals surface area contributed by atoms with Crippen molar-refractivity contribution >= 4 is 28.8 Å². The number of amides is 1. The van der Waals surface area contributed by atoms with E-state index in [4.69, 9.17) is 16.3 Å². The molecule has 1 aliphatic rings. The van der Waals surface area contributed by atoms with Crippen LogP contribution >= 0.6 is 22.9 Å². The van der Waals surface area contributed by atoms with Crippen LogP contribution in [0.3, 0.4) is 0 Å². The molecule has 1 heterocycles. The van der Waals surface area contributed by atoms with E-state index in [1.807, 2.05) is 6.07 Å². The first-order valence-corrected chi connectivity index (χ1v) is 7.37. The Kier molecular flexibility index (Phi) is 4.65. The zero-order valence-corrected chi connectivity index (χ0v) is 12.3. The monoisotopic (exact) mass is 287 g/mol. The Morgan fingerprint density at radius 1 is 1.61 bits per heavy atom. The van der Waals surface area contributed by atoms with Crippen LogP contribution in [0.25, 0.3) is 0 Å². The van der Waals surface area contributed by atoms with Gasteiger partial charge in [-0.1, -0.05) is 0 Å². The molecular weight excluding hydrogens is 270 g/mol. The fourth-order valence-corrected chi connectivity index (χ4v) is 3.82. The van der Waals surface area contributed by atoms with Gasteiger partial charge in [-0.2, -0.15) is 0 Å².